The number of aromatic carboxylic acids is 1. The van der Waals surface area contributed by atoms with Crippen molar-refractivity contribution >= 4 is 17.6 Å². The molecule has 0 unspecified atom stereocenters. The minimum atomic E-state index is -0.945. The fourth-order valence-corrected chi connectivity index (χ4v) is 2.58. The van der Waals surface area contributed by atoms with Gasteiger partial charge in [-0.25, -0.2) is 4.79 Å². The fraction of sp³-hybridized carbons (Fsp3) is 0.583. The SMILES string of the molecule is CCCn1c(C)c(C(=O)O)c(Cl)c1C(C)C. The molecule has 3 nitrogen and oxygen atoms in total. The average Bonchev–Trinajstić information content (AvgIpc) is 2.39. The predicted octanol–water partition coefficient (Wildman–Crippen LogP) is 3.68. The van der Waals surface area contributed by atoms with E-state index in [4.69, 9.17) is 16.7 Å². The topological polar surface area (TPSA) is 42.2 Å². The summed E-state index contributed by atoms with van der Waals surface area (Å²) in [4.78, 5) is 11.1. The Labute approximate surface area is 101 Å². The number of carboxylic acids is 1. The number of carboxylic acid groups (broad SMARTS) is 1. The van der Waals surface area contributed by atoms with Gasteiger partial charge in [0.15, 0.2) is 0 Å². The minimum Gasteiger partial charge on any atom is -0.478 e. The number of hydrogen-bond acceptors (Lipinski definition) is 1. The molecule has 0 saturated carbocycles. The first-order valence-corrected chi connectivity index (χ1v) is 5.91. The molecule has 0 radical (unpaired) electrons. The zero-order valence-corrected chi connectivity index (χ0v) is 10.9. The summed E-state index contributed by atoms with van der Waals surface area (Å²) in [7, 11) is 0. The largest absolute Gasteiger partial charge is 0.478 e. The fourth-order valence-electron chi connectivity index (χ4n) is 2.05. The third-order valence-corrected chi connectivity index (χ3v) is 3.09. The van der Waals surface area contributed by atoms with Gasteiger partial charge in [0.25, 0.3) is 0 Å². The van der Waals surface area contributed by atoms with Crippen molar-refractivity contribution in [2.24, 2.45) is 0 Å². The lowest BCUT2D eigenvalue weighted by molar-refractivity contribution is 0.0696. The molecule has 0 aliphatic carbocycles. The molecule has 1 aromatic heterocycles. The van der Waals surface area contributed by atoms with E-state index in [9.17, 15) is 4.79 Å². The maximum absolute atomic E-state index is 11.1. The lowest BCUT2D eigenvalue weighted by Gasteiger charge is -2.13. The Morgan fingerprint density at radius 1 is 1.50 bits per heavy atom. The zero-order chi connectivity index (χ0) is 12.5. The van der Waals surface area contributed by atoms with Gasteiger partial charge in [0.05, 0.1) is 10.6 Å². The van der Waals surface area contributed by atoms with Crippen LogP contribution < -0.4 is 0 Å². The number of aromatic nitrogens is 1. The van der Waals surface area contributed by atoms with E-state index < -0.39 is 5.97 Å². The zero-order valence-electron chi connectivity index (χ0n) is 10.2. The van der Waals surface area contributed by atoms with Gasteiger partial charge in [0.1, 0.15) is 0 Å². The van der Waals surface area contributed by atoms with Crippen LogP contribution in [-0.4, -0.2) is 15.6 Å². The molecule has 0 aromatic carbocycles. The molecule has 0 amide bonds. The maximum atomic E-state index is 11.1. The van der Waals surface area contributed by atoms with Crippen molar-refractivity contribution in [2.75, 3.05) is 0 Å². The van der Waals surface area contributed by atoms with E-state index in [0.717, 1.165) is 24.4 Å². The van der Waals surface area contributed by atoms with E-state index in [1.54, 1.807) is 0 Å². The lowest BCUT2D eigenvalue weighted by Crippen LogP contribution is -2.06. The van der Waals surface area contributed by atoms with Crippen LogP contribution in [0.5, 0.6) is 0 Å². The standard InChI is InChI=1S/C12H18ClNO2/c1-5-6-14-8(4)9(12(15)16)10(13)11(14)7(2)3/h7H,5-6H2,1-4H3,(H,15,16). The van der Waals surface area contributed by atoms with Gasteiger partial charge in [-0.15, -0.1) is 0 Å². The third kappa shape index (κ3) is 2.09. The van der Waals surface area contributed by atoms with Crippen LogP contribution in [-0.2, 0) is 6.54 Å². The van der Waals surface area contributed by atoms with Crippen molar-refractivity contribution in [1.82, 2.24) is 4.57 Å². The van der Waals surface area contributed by atoms with Gasteiger partial charge < -0.3 is 9.67 Å². The Hall–Kier alpha value is -0.960. The van der Waals surface area contributed by atoms with Crippen LogP contribution in [0.1, 0.15) is 54.9 Å². The van der Waals surface area contributed by atoms with Gasteiger partial charge in [0.2, 0.25) is 0 Å². The van der Waals surface area contributed by atoms with Crippen LogP contribution in [0, 0.1) is 6.92 Å². The summed E-state index contributed by atoms with van der Waals surface area (Å²) in [6.07, 6.45) is 0.963. The Balaban J connectivity index is 3.46. The Morgan fingerprint density at radius 3 is 2.44 bits per heavy atom. The summed E-state index contributed by atoms with van der Waals surface area (Å²) in [6, 6.07) is 0. The van der Waals surface area contributed by atoms with E-state index in [1.165, 1.54) is 0 Å². The van der Waals surface area contributed by atoms with Gasteiger partial charge in [0, 0.05) is 17.9 Å². The van der Waals surface area contributed by atoms with Crippen LogP contribution in [0.15, 0.2) is 0 Å². The molecule has 16 heavy (non-hydrogen) atoms. The summed E-state index contributed by atoms with van der Waals surface area (Å²) in [6.45, 7) is 8.75. The minimum absolute atomic E-state index is 0.228. The van der Waals surface area contributed by atoms with Crippen LogP contribution in [0.25, 0.3) is 0 Å². The van der Waals surface area contributed by atoms with Gasteiger partial charge in [-0.3, -0.25) is 0 Å². The molecule has 1 heterocycles. The first-order chi connectivity index (χ1) is 7.41. The molecule has 0 fully saturated rings. The summed E-state index contributed by atoms with van der Waals surface area (Å²) in [5.74, 6) is -0.717. The summed E-state index contributed by atoms with van der Waals surface area (Å²) in [5.41, 5.74) is 1.93. The highest BCUT2D eigenvalue weighted by Crippen LogP contribution is 2.33. The molecule has 0 atom stereocenters. The second kappa shape index (κ2) is 4.91. The summed E-state index contributed by atoms with van der Waals surface area (Å²) in [5, 5.41) is 9.53. The molecule has 1 rings (SSSR count). The number of rotatable bonds is 4. The number of nitrogens with zero attached hydrogens (tertiary/aromatic N) is 1. The monoisotopic (exact) mass is 243 g/mol. The van der Waals surface area contributed by atoms with Gasteiger partial charge in [-0.2, -0.15) is 0 Å². The quantitative estimate of drug-likeness (QED) is 0.877. The summed E-state index contributed by atoms with van der Waals surface area (Å²) < 4.78 is 2.02. The molecule has 0 aliphatic heterocycles. The predicted molar refractivity (Wildman–Crippen MR) is 65.5 cm³/mol. The van der Waals surface area contributed by atoms with Crippen LogP contribution >= 0.6 is 11.6 Å². The van der Waals surface area contributed by atoms with E-state index in [-0.39, 0.29) is 11.5 Å². The molecule has 1 N–H and O–H groups in total. The first-order valence-electron chi connectivity index (χ1n) is 5.53. The van der Waals surface area contributed by atoms with Crippen LogP contribution in [0.2, 0.25) is 5.02 Å². The molecular formula is C12H18ClNO2. The number of carbonyl (C=O) groups is 1. The van der Waals surface area contributed by atoms with E-state index in [1.807, 2.05) is 25.3 Å². The molecule has 0 spiro atoms. The normalized spacial score (nSPS) is 11.1. The Morgan fingerprint density at radius 2 is 2.06 bits per heavy atom. The van der Waals surface area contributed by atoms with E-state index >= 15 is 0 Å². The molecule has 4 heteroatoms. The molecule has 0 aliphatic rings. The van der Waals surface area contributed by atoms with Crippen LogP contribution in [0.4, 0.5) is 0 Å². The Kier molecular flexibility index (Phi) is 4.03. The van der Waals surface area contributed by atoms with Crippen molar-refractivity contribution in [3.05, 3.63) is 22.0 Å². The van der Waals surface area contributed by atoms with Crippen molar-refractivity contribution in [3.63, 3.8) is 0 Å². The maximum Gasteiger partial charge on any atom is 0.339 e. The molecule has 0 bridgehead atoms. The Bertz CT molecular complexity index is 408. The van der Waals surface area contributed by atoms with Crippen molar-refractivity contribution in [3.8, 4) is 0 Å². The highest BCUT2D eigenvalue weighted by Gasteiger charge is 2.24. The van der Waals surface area contributed by atoms with E-state index in [0.29, 0.717) is 5.02 Å². The molecular weight excluding hydrogens is 226 g/mol. The molecule has 90 valence electrons. The van der Waals surface area contributed by atoms with Crippen molar-refractivity contribution in [1.29, 1.82) is 0 Å². The molecule has 1 aromatic rings. The highest BCUT2D eigenvalue weighted by molar-refractivity contribution is 6.34. The smallest absolute Gasteiger partial charge is 0.339 e. The van der Waals surface area contributed by atoms with Gasteiger partial charge in [-0.05, 0) is 19.3 Å². The van der Waals surface area contributed by atoms with Gasteiger partial charge in [-0.1, -0.05) is 32.4 Å². The average molecular weight is 244 g/mol. The second-order valence-electron chi connectivity index (χ2n) is 4.27. The van der Waals surface area contributed by atoms with E-state index in [2.05, 4.69) is 6.92 Å². The molecule has 0 saturated heterocycles. The first kappa shape index (κ1) is 13.1. The van der Waals surface area contributed by atoms with Crippen LogP contribution in [0.3, 0.4) is 0 Å². The number of hydrogen-bond donors (Lipinski definition) is 1. The lowest BCUT2D eigenvalue weighted by atomic mass is 10.1. The second-order valence-corrected chi connectivity index (χ2v) is 4.65. The number of halogens is 1. The van der Waals surface area contributed by atoms with Crippen molar-refractivity contribution in [2.45, 2.75) is 46.6 Å². The third-order valence-electron chi connectivity index (χ3n) is 2.71. The van der Waals surface area contributed by atoms with Gasteiger partial charge >= 0.3 is 5.97 Å². The summed E-state index contributed by atoms with van der Waals surface area (Å²) >= 11 is 6.16. The van der Waals surface area contributed by atoms with Crippen molar-refractivity contribution < 1.29 is 9.90 Å². The highest BCUT2D eigenvalue weighted by atomic mass is 35.5.